The van der Waals surface area contributed by atoms with Crippen LogP contribution in [-0.4, -0.2) is 26.4 Å². The Morgan fingerprint density at radius 2 is 0.564 bits per heavy atom. The van der Waals surface area contributed by atoms with Gasteiger partial charge in [0, 0.05) is 0 Å². The van der Waals surface area contributed by atoms with E-state index in [0.29, 0.717) is 0 Å². The molecule has 0 unspecified atom stereocenters. The number of rotatable bonds is 28. The van der Waals surface area contributed by atoms with E-state index in [9.17, 15) is 18.9 Å². The zero-order valence-electron chi connectivity index (χ0n) is 25.5. The van der Waals surface area contributed by atoms with E-state index in [1.807, 2.05) is 0 Å². The average Bonchev–Trinajstić information content (AvgIpc) is 2.88. The van der Waals surface area contributed by atoms with Crippen molar-refractivity contribution in [1.29, 1.82) is 0 Å². The smallest absolute Gasteiger partial charge is 0.756 e. The van der Waals surface area contributed by atoms with Gasteiger partial charge in [-0.25, -0.2) is 0 Å². The fourth-order valence-electron chi connectivity index (χ4n) is 3.60. The molecular weight excluding hydrogens is 585 g/mol. The van der Waals surface area contributed by atoms with Crippen molar-refractivity contribution in [1.82, 2.24) is 0 Å². The van der Waals surface area contributed by atoms with Gasteiger partial charge in [-0.15, -0.1) is 0 Å². The third-order valence-corrected chi connectivity index (χ3v) is 7.98. The van der Waals surface area contributed by atoms with E-state index in [2.05, 4.69) is 27.7 Å². The molecular formula is C28H60CoO8P2. The van der Waals surface area contributed by atoms with Crippen LogP contribution in [0.4, 0.5) is 0 Å². The first-order valence-electron chi connectivity index (χ1n) is 15.4. The summed E-state index contributed by atoms with van der Waals surface area (Å²) in [6.45, 7) is 9.60. The molecule has 0 atom stereocenters. The van der Waals surface area contributed by atoms with Crippen LogP contribution in [0, 0.1) is 0 Å². The van der Waals surface area contributed by atoms with Crippen LogP contribution in [0.25, 0.3) is 0 Å². The first kappa shape index (κ1) is 44.2. The van der Waals surface area contributed by atoms with Gasteiger partial charge in [-0.3, -0.25) is 9.13 Å². The molecule has 0 N–H and O–H groups in total. The number of phosphoric ester groups is 2. The Morgan fingerprint density at radius 3 is 0.744 bits per heavy atom. The van der Waals surface area contributed by atoms with Gasteiger partial charge < -0.3 is 27.9 Å². The van der Waals surface area contributed by atoms with Crippen LogP contribution < -0.4 is 9.79 Å². The minimum Gasteiger partial charge on any atom is -0.756 e. The van der Waals surface area contributed by atoms with Crippen LogP contribution in [0.3, 0.4) is 0 Å². The van der Waals surface area contributed by atoms with Gasteiger partial charge in [0.05, 0.1) is 26.4 Å². The summed E-state index contributed by atoms with van der Waals surface area (Å²) in [6.07, 6.45) is 21.3. The van der Waals surface area contributed by atoms with Gasteiger partial charge in [0.15, 0.2) is 0 Å². The minimum absolute atomic E-state index is 0. The van der Waals surface area contributed by atoms with Gasteiger partial charge in [0.1, 0.15) is 0 Å². The number of hydrogen-bond donors (Lipinski definition) is 0. The van der Waals surface area contributed by atoms with Crippen LogP contribution >= 0.6 is 15.6 Å². The summed E-state index contributed by atoms with van der Waals surface area (Å²) in [4.78, 5) is 22.8. The largest absolute Gasteiger partial charge is 2.00 e. The Labute approximate surface area is 251 Å². The Balaban J connectivity index is -0.000000648. The van der Waals surface area contributed by atoms with Crippen molar-refractivity contribution in [2.75, 3.05) is 26.4 Å². The van der Waals surface area contributed by atoms with Gasteiger partial charge in [-0.2, -0.15) is 0 Å². The summed E-state index contributed by atoms with van der Waals surface area (Å²) in [6, 6.07) is 0. The molecule has 39 heavy (non-hydrogen) atoms. The molecule has 0 aliphatic rings. The molecule has 11 heteroatoms. The van der Waals surface area contributed by atoms with Crippen molar-refractivity contribution >= 4 is 15.6 Å². The summed E-state index contributed by atoms with van der Waals surface area (Å²) >= 11 is 0. The molecule has 0 spiro atoms. The van der Waals surface area contributed by atoms with E-state index in [1.54, 1.807) is 0 Å². The van der Waals surface area contributed by atoms with Crippen molar-refractivity contribution in [3.63, 3.8) is 0 Å². The fourth-order valence-corrected chi connectivity index (χ4v) is 5.16. The Morgan fingerprint density at radius 1 is 0.385 bits per heavy atom. The molecule has 0 aromatic rings. The van der Waals surface area contributed by atoms with Crippen LogP contribution in [-0.2, 0) is 44.0 Å². The van der Waals surface area contributed by atoms with E-state index in [4.69, 9.17) is 18.1 Å². The van der Waals surface area contributed by atoms with Gasteiger partial charge >= 0.3 is 16.8 Å². The predicted molar refractivity (Wildman–Crippen MR) is 154 cm³/mol. The van der Waals surface area contributed by atoms with E-state index in [-0.39, 0.29) is 43.2 Å². The molecule has 0 saturated carbocycles. The molecule has 239 valence electrons. The molecule has 0 rings (SSSR count). The molecule has 0 fully saturated rings. The van der Waals surface area contributed by atoms with Crippen LogP contribution in [0.2, 0.25) is 0 Å². The molecule has 1 radical (unpaired) electrons. The maximum Gasteiger partial charge on any atom is 2.00 e. The zero-order chi connectivity index (χ0) is 28.8. The fraction of sp³-hybridized carbons (Fsp3) is 1.00. The molecule has 0 bridgehead atoms. The van der Waals surface area contributed by atoms with Gasteiger partial charge in [-0.05, 0) is 25.7 Å². The zero-order valence-corrected chi connectivity index (χ0v) is 28.3. The predicted octanol–water partition coefficient (Wildman–Crippen LogP) is 8.86. The normalized spacial score (nSPS) is 11.6. The monoisotopic (exact) mass is 645 g/mol. The Hall–Kier alpha value is 0.726. The first-order chi connectivity index (χ1) is 18.2. The van der Waals surface area contributed by atoms with Crippen molar-refractivity contribution in [3.05, 3.63) is 0 Å². The minimum atomic E-state index is -4.05. The summed E-state index contributed by atoms with van der Waals surface area (Å²) in [7, 11) is -8.11. The summed E-state index contributed by atoms with van der Waals surface area (Å²) in [5.41, 5.74) is 0. The molecule has 0 heterocycles. The summed E-state index contributed by atoms with van der Waals surface area (Å²) in [5.74, 6) is 0. The Bertz CT molecular complexity index is 482. The molecule has 0 aliphatic heterocycles. The maximum absolute atomic E-state index is 11.4. The van der Waals surface area contributed by atoms with Gasteiger partial charge in [0.25, 0.3) is 15.6 Å². The topological polar surface area (TPSA) is 117 Å². The number of phosphoric acid groups is 2. The molecule has 0 amide bonds. The summed E-state index contributed by atoms with van der Waals surface area (Å²) in [5, 5.41) is 0. The second kappa shape index (κ2) is 33.2. The average molecular weight is 646 g/mol. The maximum atomic E-state index is 11.4. The third-order valence-electron chi connectivity index (χ3n) is 5.99. The van der Waals surface area contributed by atoms with E-state index in [1.165, 1.54) is 51.4 Å². The Kier molecular flexibility index (Phi) is 37.6. The van der Waals surface area contributed by atoms with Crippen molar-refractivity contribution in [2.24, 2.45) is 0 Å². The SMILES string of the molecule is CCCCCCCOP(=O)([O-])OCCCCCCC.CCCCCCCOP(=O)([O-])OCCCCCCC.[Co+2]. The van der Waals surface area contributed by atoms with E-state index < -0.39 is 15.6 Å². The number of hydrogen-bond acceptors (Lipinski definition) is 8. The van der Waals surface area contributed by atoms with Crippen molar-refractivity contribution in [2.45, 2.75) is 156 Å². The van der Waals surface area contributed by atoms with E-state index in [0.717, 1.165) is 77.0 Å². The molecule has 0 aliphatic carbocycles. The van der Waals surface area contributed by atoms with Crippen molar-refractivity contribution in [3.8, 4) is 0 Å². The van der Waals surface area contributed by atoms with Gasteiger partial charge in [0.2, 0.25) is 0 Å². The third kappa shape index (κ3) is 38.7. The molecule has 0 saturated heterocycles. The van der Waals surface area contributed by atoms with Crippen LogP contribution in [0.1, 0.15) is 156 Å². The molecule has 0 aromatic carbocycles. The van der Waals surface area contributed by atoms with Crippen molar-refractivity contribution < 1.29 is 53.8 Å². The van der Waals surface area contributed by atoms with Crippen LogP contribution in [0.15, 0.2) is 0 Å². The van der Waals surface area contributed by atoms with Crippen LogP contribution in [0.5, 0.6) is 0 Å². The van der Waals surface area contributed by atoms with E-state index >= 15 is 0 Å². The second-order valence-electron chi connectivity index (χ2n) is 9.88. The molecule has 8 nitrogen and oxygen atoms in total. The standard InChI is InChI=1S/2C14H31O4P.Co/c2*1-3-5-7-9-11-13-17-19(15,16)18-14-12-10-8-6-4-2;/h2*3-14H2,1-2H3,(H,15,16);/q;;+2/p-2. The van der Waals surface area contributed by atoms with Gasteiger partial charge in [-0.1, -0.05) is 130 Å². The number of unbranched alkanes of at least 4 members (excludes halogenated alkanes) is 16. The first-order valence-corrected chi connectivity index (χ1v) is 18.4. The summed E-state index contributed by atoms with van der Waals surface area (Å²) < 4.78 is 42.0. The second-order valence-corrected chi connectivity index (χ2v) is 12.7. The quantitative estimate of drug-likeness (QED) is 0.0612. The molecule has 0 aromatic heterocycles.